The molecular weight excluding hydrogens is 134 g/mol. The van der Waals surface area contributed by atoms with Crippen molar-refractivity contribution in [1.82, 2.24) is 4.90 Å². The predicted octanol–water partition coefficient (Wildman–Crippen LogP) is -1.25. The summed E-state index contributed by atoms with van der Waals surface area (Å²) in [5.41, 5.74) is 0. The van der Waals surface area contributed by atoms with E-state index in [1.54, 1.807) is 6.41 Å². The van der Waals surface area contributed by atoms with E-state index in [2.05, 4.69) is 0 Å². The minimum atomic E-state index is -0.213. The highest BCUT2D eigenvalue weighted by Crippen LogP contribution is 2.01. The number of hydrogen-bond donors (Lipinski definition) is 1. The minimum absolute atomic E-state index is 0.0296. The lowest BCUT2D eigenvalue weighted by Gasteiger charge is -2.28. The lowest BCUT2D eigenvalue weighted by Crippen LogP contribution is -2.43. The number of morpholine rings is 1. The fourth-order valence-electron chi connectivity index (χ4n) is 0.913. The highest BCUT2D eigenvalue weighted by molar-refractivity contribution is 5.48. The maximum atomic E-state index is 10.1. The zero-order chi connectivity index (χ0) is 7.40. The number of aliphatic hydroxyl groups is 1. The van der Waals surface area contributed by atoms with Crippen LogP contribution in [-0.4, -0.2) is 48.8 Å². The maximum Gasteiger partial charge on any atom is 0.312 e. The zero-order valence-corrected chi connectivity index (χ0v) is 5.62. The molecule has 4 heteroatoms. The third-order valence-corrected chi connectivity index (χ3v) is 1.47. The molecule has 1 aliphatic heterocycles. The van der Waals surface area contributed by atoms with E-state index >= 15 is 0 Å². The van der Waals surface area contributed by atoms with Gasteiger partial charge in [0.25, 0.3) is 0 Å². The molecule has 0 bridgehead atoms. The number of nitrogens with zero attached hydrogens (tertiary/aromatic N) is 1. The number of hydrogen-bond acceptors (Lipinski definition) is 3. The van der Waals surface area contributed by atoms with Crippen LogP contribution in [0.25, 0.3) is 0 Å². The fourth-order valence-corrected chi connectivity index (χ4v) is 0.913. The van der Waals surface area contributed by atoms with Crippen LogP contribution < -0.4 is 0 Å². The normalized spacial score (nSPS) is 26.5. The molecule has 0 aromatic heterocycles. The van der Waals surface area contributed by atoms with E-state index < -0.39 is 0 Å². The molecule has 1 atom stereocenters. The summed E-state index contributed by atoms with van der Waals surface area (Å²) in [4.78, 5) is 11.6. The second-order valence-corrected chi connectivity index (χ2v) is 2.21. The fraction of sp³-hybridized carbons (Fsp3) is 0.833. The number of carbonyl (C=O) groups excluding carboxylic acids is 1. The molecule has 0 aromatic rings. The molecule has 1 saturated heterocycles. The summed E-state index contributed by atoms with van der Waals surface area (Å²) in [5, 5.41) is 8.62. The summed E-state index contributed by atoms with van der Waals surface area (Å²) < 4.78 is 5.09. The van der Waals surface area contributed by atoms with Crippen molar-refractivity contribution in [2.75, 3.05) is 26.3 Å². The quantitative estimate of drug-likeness (QED) is 0.526. The van der Waals surface area contributed by atoms with Gasteiger partial charge in [0.15, 0.2) is 0 Å². The van der Waals surface area contributed by atoms with Gasteiger partial charge in [-0.15, -0.1) is 0 Å². The Bertz CT molecular complexity index is 118. The zero-order valence-electron chi connectivity index (χ0n) is 5.62. The molecule has 1 amide bonds. The van der Waals surface area contributed by atoms with Crippen LogP contribution in [0, 0.1) is 0 Å². The lowest BCUT2D eigenvalue weighted by atomic mass is 10.3. The van der Waals surface area contributed by atoms with Crippen LogP contribution in [0.2, 0.25) is 0 Å². The highest BCUT2D eigenvalue weighted by Gasteiger charge is 2.18. The van der Waals surface area contributed by atoms with Crippen molar-refractivity contribution >= 4 is 6.41 Å². The van der Waals surface area contributed by atoms with Gasteiger partial charge in [0.05, 0.1) is 19.3 Å². The van der Waals surface area contributed by atoms with Crippen molar-refractivity contribution < 1.29 is 14.6 Å². The summed E-state index contributed by atoms with van der Waals surface area (Å²) in [7, 11) is 0. The van der Waals surface area contributed by atoms with Crippen molar-refractivity contribution in [1.29, 1.82) is 0 Å². The first-order valence-electron chi connectivity index (χ1n) is 3.22. The predicted molar refractivity (Wildman–Crippen MR) is 34.1 cm³/mol. The number of amides is 1. The molecule has 57 valence electrons. The van der Waals surface area contributed by atoms with Crippen molar-refractivity contribution in [3.8, 4) is 0 Å². The molecule has 4 nitrogen and oxygen atoms in total. The van der Waals surface area contributed by atoms with Crippen LogP contribution in [0.4, 0.5) is 0 Å². The molecular formula is C6H10NO3. The molecule has 0 aromatic carbocycles. The number of ether oxygens (including phenoxy) is 1. The third-order valence-electron chi connectivity index (χ3n) is 1.47. The van der Waals surface area contributed by atoms with Gasteiger partial charge in [0, 0.05) is 13.1 Å². The van der Waals surface area contributed by atoms with Gasteiger partial charge in [0.1, 0.15) is 0 Å². The standard InChI is InChI=1S/C6H10NO3/c8-4-6-3-7(5-9)1-2-10-6/h6,8H,1-4H2. The van der Waals surface area contributed by atoms with Gasteiger partial charge in [-0.3, -0.25) is 4.79 Å². The Morgan fingerprint density at radius 2 is 2.60 bits per heavy atom. The van der Waals surface area contributed by atoms with Gasteiger partial charge in [-0.25, -0.2) is 0 Å². The molecule has 1 fully saturated rings. The van der Waals surface area contributed by atoms with E-state index in [1.807, 2.05) is 0 Å². The van der Waals surface area contributed by atoms with E-state index in [4.69, 9.17) is 9.84 Å². The van der Waals surface area contributed by atoms with Crippen LogP contribution in [-0.2, 0) is 9.53 Å². The molecule has 10 heavy (non-hydrogen) atoms. The van der Waals surface area contributed by atoms with Crippen LogP contribution in [0.5, 0.6) is 0 Å². The SMILES string of the molecule is O=[C]N1CCOC(CO)C1. The van der Waals surface area contributed by atoms with Gasteiger partial charge < -0.3 is 14.7 Å². The first kappa shape index (κ1) is 7.50. The van der Waals surface area contributed by atoms with E-state index in [0.717, 1.165) is 0 Å². The van der Waals surface area contributed by atoms with Gasteiger partial charge in [0.2, 0.25) is 0 Å². The second-order valence-electron chi connectivity index (χ2n) is 2.21. The summed E-state index contributed by atoms with van der Waals surface area (Å²) in [6, 6.07) is 0. The Morgan fingerprint density at radius 3 is 3.20 bits per heavy atom. The highest BCUT2D eigenvalue weighted by atomic mass is 16.5. The van der Waals surface area contributed by atoms with Crippen LogP contribution in [0.15, 0.2) is 0 Å². The van der Waals surface area contributed by atoms with Crippen molar-refractivity contribution in [3.05, 3.63) is 0 Å². The van der Waals surface area contributed by atoms with E-state index in [-0.39, 0.29) is 12.7 Å². The largest absolute Gasteiger partial charge is 0.394 e. The van der Waals surface area contributed by atoms with Crippen molar-refractivity contribution in [3.63, 3.8) is 0 Å². The molecule has 1 heterocycles. The molecule has 0 aliphatic carbocycles. The summed E-state index contributed by atoms with van der Waals surface area (Å²) >= 11 is 0. The van der Waals surface area contributed by atoms with E-state index in [0.29, 0.717) is 19.7 Å². The first-order chi connectivity index (χ1) is 4.86. The number of aliphatic hydroxyl groups excluding tert-OH is 1. The molecule has 0 saturated carbocycles. The van der Waals surface area contributed by atoms with Gasteiger partial charge in [-0.1, -0.05) is 0 Å². The summed E-state index contributed by atoms with van der Waals surface area (Å²) in [6.45, 7) is 1.51. The van der Waals surface area contributed by atoms with Crippen molar-refractivity contribution in [2.24, 2.45) is 0 Å². The Balaban J connectivity index is 2.31. The molecule has 1 aliphatic rings. The molecule has 1 rings (SSSR count). The summed E-state index contributed by atoms with van der Waals surface area (Å²) in [6.07, 6.45) is 1.55. The van der Waals surface area contributed by atoms with Gasteiger partial charge in [-0.2, -0.15) is 0 Å². The van der Waals surface area contributed by atoms with E-state index in [1.165, 1.54) is 4.90 Å². The lowest BCUT2D eigenvalue weighted by molar-refractivity contribution is -0.0344. The Labute approximate surface area is 59.4 Å². The van der Waals surface area contributed by atoms with Crippen LogP contribution in [0.3, 0.4) is 0 Å². The van der Waals surface area contributed by atoms with E-state index in [9.17, 15) is 4.79 Å². The topological polar surface area (TPSA) is 49.8 Å². The average molecular weight is 144 g/mol. The van der Waals surface area contributed by atoms with Gasteiger partial charge in [-0.05, 0) is 0 Å². The maximum absolute atomic E-state index is 10.1. The number of rotatable bonds is 2. The third kappa shape index (κ3) is 1.68. The smallest absolute Gasteiger partial charge is 0.312 e. The molecule has 1 N–H and O–H groups in total. The minimum Gasteiger partial charge on any atom is -0.394 e. The Hall–Kier alpha value is -0.610. The molecule has 1 radical (unpaired) electrons. The van der Waals surface area contributed by atoms with Gasteiger partial charge >= 0.3 is 6.41 Å². The van der Waals surface area contributed by atoms with Crippen LogP contribution >= 0.6 is 0 Å². The first-order valence-corrected chi connectivity index (χ1v) is 3.22. The Kier molecular flexibility index (Phi) is 2.65. The second kappa shape index (κ2) is 3.53. The van der Waals surface area contributed by atoms with Crippen molar-refractivity contribution in [2.45, 2.75) is 6.10 Å². The Morgan fingerprint density at radius 1 is 1.80 bits per heavy atom. The molecule has 1 unspecified atom stereocenters. The molecule has 0 spiro atoms. The average Bonchev–Trinajstić information content (AvgIpc) is 2.05. The summed E-state index contributed by atoms with van der Waals surface area (Å²) in [5.74, 6) is 0. The van der Waals surface area contributed by atoms with Crippen LogP contribution in [0.1, 0.15) is 0 Å². The monoisotopic (exact) mass is 144 g/mol.